The molecule has 8 heteroatoms. The average molecular weight is 479 g/mol. The van der Waals surface area contributed by atoms with E-state index >= 15 is 0 Å². The summed E-state index contributed by atoms with van der Waals surface area (Å²) in [5.41, 5.74) is 8.82. The Bertz CT molecular complexity index is 1030. The fourth-order valence-corrected chi connectivity index (χ4v) is 4.72. The van der Waals surface area contributed by atoms with Gasteiger partial charge in [-0.15, -0.1) is 0 Å². The zero-order chi connectivity index (χ0) is 24.8. The standard InChI is InChI=1S/C27H34N4O4/c1-19-18-24(27(33)35-17-14-30-12-15-34-16-13-30)10-11-31(19)26(32)23-8-4-21(5-9-23)20-2-6-22(7-3-20)25(28)29/h2-9,19,24H,10-18H2,1H3,(H3,28,29). The molecule has 4 rings (SSSR count). The van der Waals surface area contributed by atoms with Gasteiger partial charge in [-0.2, -0.15) is 0 Å². The van der Waals surface area contributed by atoms with Crippen molar-refractivity contribution in [2.24, 2.45) is 11.7 Å². The van der Waals surface area contributed by atoms with Gasteiger partial charge in [0.2, 0.25) is 0 Å². The van der Waals surface area contributed by atoms with E-state index in [4.69, 9.17) is 20.6 Å². The Morgan fingerprint density at radius 3 is 2.17 bits per heavy atom. The number of amidine groups is 1. The maximum Gasteiger partial charge on any atom is 0.309 e. The number of nitrogens with zero attached hydrogens (tertiary/aromatic N) is 2. The molecule has 2 aliphatic heterocycles. The van der Waals surface area contributed by atoms with E-state index in [-0.39, 0.29) is 29.7 Å². The molecule has 2 aliphatic rings. The van der Waals surface area contributed by atoms with Gasteiger partial charge >= 0.3 is 5.97 Å². The van der Waals surface area contributed by atoms with Crippen molar-refractivity contribution < 1.29 is 19.1 Å². The lowest BCUT2D eigenvalue weighted by molar-refractivity contribution is -0.151. The maximum absolute atomic E-state index is 13.2. The number of nitrogens with one attached hydrogen (secondary N) is 1. The minimum Gasteiger partial charge on any atom is -0.464 e. The molecule has 8 nitrogen and oxygen atoms in total. The number of rotatable bonds is 7. The van der Waals surface area contributed by atoms with Gasteiger partial charge in [-0.1, -0.05) is 36.4 Å². The molecule has 35 heavy (non-hydrogen) atoms. The van der Waals surface area contributed by atoms with E-state index < -0.39 is 0 Å². The van der Waals surface area contributed by atoms with Crippen LogP contribution in [0.3, 0.4) is 0 Å². The first-order chi connectivity index (χ1) is 16.9. The molecule has 2 atom stereocenters. The highest BCUT2D eigenvalue weighted by molar-refractivity contribution is 5.96. The van der Waals surface area contributed by atoms with E-state index in [9.17, 15) is 9.59 Å². The van der Waals surface area contributed by atoms with Crippen LogP contribution in [-0.4, -0.2) is 79.6 Å². The van der Waals surface area contributed by atoms with Crippen LogP contribution in [0.2, 0.25) is 0 Å². The van der Waals surface area contributed by atoms with Gasteiger partial charge in [0.15, 0.2) is 0 Å². The summed E-state index contributed by atoms with van der Waals surface area (Å²) >= 11 is 0. The summed E-state index contributed by atoms with van der Waals surface area (Å²) in [6.45, 7) is 6.89. The summed E-state index contributed by atoms with van der Waals surface area (Å²) in [7, 11) is 0. The van der Waals surface area contributed by atoms with Crippen LogP contribution in [0.1, 0.15) is 35.7 Å². The molecule has 3 N–H and O–H groups in total. The normalized spacial score (nSPS) is 20.9. The van der Waals surface area contributed by atoms with E-state index in [1.807, 2.05) is 60.4 Å². The van der Waals surface area contributed by atoms with Gasteiger partial charge in [-0.25, -0.2) is 0 Å². The number of piperidine rings is 1. The zero-order valence-electron chi connectivity index (χ0n) is 20.2. The van der Waals surface area contributed by atoms with Crippen molar-refractivity contribution >= 4 is 17.7 Å². The van der Waals surface area contributed by atoms with Crippen molar-refractivity contribution in [3.8, 4) is 11.1 Å². The summed E-state index contributed by atoms with van der Waals surface area (Å²) in [5, 5.41) is 7.51. The summed E-state index contributed by atoms with van der Waals surface area (Å²) in [5.74, 6) is -0.303. The molecular formula is C27H34N4O4. The van der Waals surface area contributed by atoms with Gasteiger partial charge in [0.05, 0.1) is 19.1 Å². The molecule has 2 saturated heterocycles. The van der Waals surface area contributed by atoms with Crippen LogP contribution < -0.4 is 5.73 Å². The molecule has 186 valence electrons. The fourth-order valence-electron chi connectivity index (χ4n) is 4.72. The molecule has 2 aromatic carbocycles. The number of hydrogen-bond donors (Lipinski definition) is 2. The van der Waals surface area contributed by atoms with Gasteiger partial charge in [0.1, 0.15) is 12.4 Å². The van der Waals surface area contributed by atoms with E-state index in [1.54, 1.807) is 0 Å². The quantitative estimate of drug-likeness (QED) is 0.360. The Labute approximate surface area is 206 Å². The Morgan fingerprint density at radius 1 is 1.00 bits per heavy atom. The Balaban J connectivity index is 1.28. The van der Waals surface area contributed by atoms with Crippen molar-refractivity contribution in [2.45, 2.75) is 25.8 Å². The van der Waals surface area contributed by atoms with Crippen LogP contribution in [0, 0.1) is 11.3 Å². The van der Waals surface area contributed by atoms with Crippen molar-refractivity contribution in [1.29, 1.82) is 5.41 Å². The first-order valence-electron chi connectivity index (χ1n) is 12.2. The number of esters is 1. The van der Waals surface area contributed by atoms with Crippen LogP contribution in [0.15, 0.2) is 48.5 Å². The fraction of sp³-hybridized carbons (Fsp3) is 0.444. The SMILES string of the molecule is CC1CC(C(=O)OCCN2CCOCC2)CCN1C(=O)c1ccc(-c2ccc(C(=N)N)cc2)cc1. The third-order valence-corrected chi connectivity index (χ3v) is 6.89. The molecule has 2 unspecified atom stereocenters. The molecule has 2 aromatic rings. The molecular weight excluding hydrogens is 444 g/mol. The van der Waals surface area contributed by atoms with Crippen molar-refractivity contribution in [1.82, 2.24) is 9.80 Å². The molecule has 0 aromatic heterocycles. The third-order valence-electron chi connectivity index (χ3n) is 6.89. The zero-order valence-corrected chi connectivity index (χ0v) is 20.2. The monoisotopic (exact) mass is 478 g/mol. The Morgan fingerprint density at radius 2 is 1.60 bits per heavy atom. The predicted octanol–water partition coefficient (Wildman–Crippen LogP) is 2.75. The lowest BCUT2D eigenvalue weighted by Crippen LogP contribution is -2.46. The second-order valence-corrected chi connectivity index (χ2v) is 9.26. The minimum absolute atomic E-state index is 0.0184. The van der Waals surface area contributed by atoms with E-state index in [2.05, 4.69) is 4.90 Å². The summed E-state index contributed by atoms with van der Waals surface area (Å²) in [4.78, 5) is 29.8. The maximum atomic E-state index is 13.2. The van der Waals surface area contributed by atoms with Crippen LogP contribution in [0.5, 0.6) is 0 Å². The molecule has 2 heterocycles. The smallest absolute Gasteiger partial charge is 0.309 e. The molecule has 0 bridgehead atoms. The molecule has 0 saturated carbocycles. The summed E-state index contributed by atoms with van der Waals surface area (Å²) in [6.07, 6.45) is 1.23. The highest BCUT2D eigenvalue weighted by atomic mass is 16.5. The number of nitrogen functional groups attached to an aromatic ring is 1. The first-order valence-corrected chi connectivity index (χ1v) is 12.2. The number of hydrogen-bond acceptors (Lipinski definition) is 6. The van der Waals surface area contributed by atoms with Crippen LogP contribution in [0.4, 0.5) is 0 Å². The summed E-state index contributed by atoms with van der Waals surface area (Å²) in [6, 6.07) is 15.0. The van der Waals surface area contributed by atoms with Crippen LogP contribution in [-0.2, 0) is 14.3 Å². The number of carbonyl (C=O) groups is 2. The first kappa shape index (κ1) is 24.9. The van der Waals surface area contributed by atoms with Gasteiger partial charge in [0, 0.05) is 43.3 Å². The number of benzene rings is 2. The lowest BCUT2D eigenvalue weighted by atomic mass is 9.91. The Kier molecular flexibility index (Phi) is 8.15. The van der Waals surface area contributed by atoms with Crippen molar-refractivity contribution in [3.05, 3.63) is 59.7 Å². The second-order valence-electron chi connectivity index (χ2n) is 9.26. The Hall–Kier alpha value is -3.23. The van der Waals surface area contributed by atoms with Gasteiger partial charge in [0.25, 0.3) is 5.91 Å². The van der Waals surface area contributed by atoms with E-state index in [0.29, 0.717) is 37.1 Å². The lowest BCUT2D eigenvalue weighted by Gasteiger charge is -2.37. The predicted molar refractivity (Wildman–Crippen MR) is 134 cm³/mol. The van der Waals surface area contributed by atoms with Crippen LogP contribution in [0.25, 0.3) is 11.1 Å². The van der Waals surface area contributed by atoms with Gasteiger partial charge < -0.3 is 20.1 Å². The topological polar surface area (TPSA) is 109 Å². The minimum atomic E-state index is -0.168. The average Bonchev–Trinajstić information content (AvgIpc) is 2.89. The molecule has 1 amide bonds. The van der Waals surface area contributed by atoms with E-state index in [1.165, 1.54) is 0 Å². The van der Waals surface area contributed by atoms with Crippen LogP contribution >= 0.6 is 0 Å². The molecule has 0 spiro atoms. The van der Waals surface area contributed by atoms with Gasteiger partial charge in [-0.05, 0) is 43.0 Å². The third kappa shape index (κ3) is 6.26. The number of nitrogens with two attached hydrogens (primary N) is 1. The molecule has 0 aliphatic carbocycles. The highest BCUT2D eigenvalue weighted by Gasteiger charge is 2.33. The highest BCUT2D eigenvalue weighted by Crippen LogP contribution is 2.27. The molecule has 0 radical (unpaired) electrons. The second kappa shape index (κ2) is 11.5. The number of morpholine rings is 1. The van der Waals surface area contributed by atoms with E-state index in [0.717, 1.165) is 44.0 Å². The number of carbonyl (C=O) groups excluding carboxylic acids is 2. The molecule has 2 fully saturated rings. The number of ether oxygens (including phenoxy) is 2. The van der Waals surface area contributed by atoms with Crippen molar-refractivity contribution in [2.75, 3.05) is 46.0 Å². The van der Waals surface area contributed by atoms with Crippen molar-refractivity contribution in [3.63, 3.8) is 0 Å². The largest absolute Gasteiger partial charge is 0.464 e. The summed E-state index contributed by atoms with van der Waals surface area (Å²) < 4.78 is 10.9. The van der Waals surface area contributed by atoms with Gasteiger partial charge in [-0.3, -0.25) is 19.9 Å². The number of likely N-dealkylation sites (tertiary alicyclic amines) is 1. The number of amides is 1.